The van der Waals surface area contributed by atoms with Crippen LogP contribution in [0, 0.1) is 39.0 Å². The molecule has 0 atom stereocenters. The van der Waals surface area contributed by atoms with Crippen LogP contribution in [0.25, 0.3) is 5.69 Å². The van der Waals surface area contributed by atoms with Crippen LogP contribution in [0.3, 0.4) is 0 Å². The largest absolute Gasteiger partial charge is 2.00 e. The van der Waals surface area contributed by atoms with E-state index in [0.29, 0.717) is 5.69 Å². The van der Waals surface area contributed by atoms with Crippen molar-refractivity contribution in [2.24, 2.45) is 12.0 Å². The first-order chi connectivity index (χ1) is 13.6. The molecule has 32 heavy (non-hydrogen) atoms. The van der Waals surface area contributed by atoms with Crippen LogP contribution in [0.15, 0.2) is 64.4 Å². The molecule has 5 nitrogen and oxygen atoms in total. The van der Waals surface area contributed by atoms with Gasteiger partial charge in [-0.05, 0) is 81.0 Å². The number of aliphatic imine (C=N–C) groups is 1. The first-order valence-corrected chi connectivity index (χ1v) is 8.91. The van der Waals surface area contributed by atoms with Crippen molar-refractivity contribution in [2.75, 3.05) is 0 Å². The third-order valence-electron chi connectivity index (χ3n) is 4.32. The van der Waals surface area contributed by atoms with Crippen molar-refractivity contribution >= 4 is 11.9 Å². The van der Waals surface area contributed by atoms with Crippen LogP contribution in [-0.2, 0) is 28.8 Å². The van der Waals surface area contributed by atoms with Crippen molar-refractivity contribution in [3.8, 4) is 11.4 Å². The van der Waals surface area contributed by atoms with Gasteiger partial charge in [0.05, 0.1) is 11.4 Å². The number of nitrogens with zero attached hydrogens (tertiary/aromatic N) is 3. The topological polar surface area (TPSA) is 59.5 Å². The van der Waals surface area contributed by atoms with Gasteiger partial charge in [-0.3, -0.25) is 9.48 Å². The third kappa shape index (κ3) is 8.45. The zero-order valence-electron chi connectivity index (χ0n) is 17.5. The van der Waals surface area contributed by atoms with Crippen LogP contribution in [0.2, 0.25) is 0 Å². The molecule has 1 saturated carbocycles. The molecule has 167 valence electrons. The average molecular weight is 527 g/mol. The van der Waals surface area contributed by atoms with Crippen LogP contribution in [-0.4, -0.2) is 20.7 Å². The molecule has 0 amide bonds. The Kier molecular flexibility index (Phi) is 16.5. The summed E-state index contributed by atoms with van der Waals surface area (Å²) in [7, 11) is 1.84. The summed E-state index contributed by atoms with van der Waals surface area (Å²) >= 11 is 0. The molecule has 0 saturated heterocycles. The van der Waals surface area contributed by atoms with Crippen molar-refractivity contribution in [2.45, 2.75) is 6.92 Å². The number of benzene rings is 2. The van der Waals surface area contributed by atoms with Gasteiger partial charge in [-0.1, -0.05) is 18.2 Å². The maximum absolute atomic E-state index is 12.7. The number of phenols is 1. The quantitative estimate of drug-likeness (QED) is 0.275. The number of aromatic hydroxyl groups is 1. The van der Waals surface area contributed by atoms with E-state index in [1.807, 2.05) is 76.4 Å². The minimum Gasteiger partial charge on any atom is -1.00 e. The summed E-state index contributed by atoms with van der Waals surface area (Å²) in [5.41, 5.74) is 2.65. The van der Waals surface area contributed by atoms with Crippen LogP contribution in [0.5, 0.6) is 5.75 Å². The molecule has 0 spiro atoms. The van der Waals surface area contributed by atoms with Gasteiger partial charge in [0.25, 0.3) is 5.56 Å². The Labute approximate surface area is 223 Å². The average Bonchev–Trinajstić information content (AvgIpc) is 3.36. The normalized spacial score (nSPS) is 11.8. The first-order valence-electron chi connectivity index (χ1n) is 8.91. The van der Waals surface area contributed by atoms with Gasteiger partial charge in [-0.15, -0.1) is 0 Å². The molecule has 1 aromatic heterocycles. The molecule has 1 heterocycles. The third-order valence-corrected chi connectivity index (χ3v) is 4.32. The molecule has 1 aliphatic carbocycles. The fraction of sp³-hybridized carbons (Fsp3) is 0.0870. The van der Waals surface area contributed by atoms with Crippen molar-refractivity contribution in [3.05, 3.63) is 108 Å². The van der Waals surface area contributed by atoms with Gasteiger partial charge in [0.1, 0.15) is 5.75 Å². The SMILES string of the molecule is Cc1c(N=Cc2ccc(O)cc2)c(=O)n(-c2ccccc2)n1C.[CH]1[CH][CH][CH][CH]1.[Cl-].[Cl-].[Cl-].[Ti+2]. The summed E-state index contributed by atoms with van der Waals surface area (Å²) in [6, 6.07) is 16.1. The van der Waals surface area contributed by atoms with E-state index in [9.17, 15) is 9.90 Å². The number of para-hydroxylation sites is 1. The standard InChI is InChI=1S/C18H17N3O2.C5H5.3ClH.Ti/c1-13-17(19-12-14-8-10-16(22)11-9-14)18(23)21(20(13)2)15-6-4-3-5-7-15;1-2-4-5-3-1;;;;/h3-12,22H,1-2H3;1-5H;3*1H;/q;;;;;+2/p-3. The summed E-state index contributed by atoms with van der Waals surface area (Å²) in [6.07, 6.45) is 11.6. The molecule has 4 rings (SSSR count). The van der Waals surface area contributed by atoms with E-state index in [0.717, 1.165) is 16.9 Å². The fourth-order valence-electron chi connectivity index (χ4n) is 2.72. The van der Waals surface area contributed by atoms with Gasteiger partial charge in [0.15, 0.2) is 5.69 Å². The predicted molar refractivity (Wildman–Crippen MR) is 113 cm³/mol. The van der Waals surface area contributed by atoms with Gasteiger partial charge >= 0.3 is 21.7 Å². The van der Waals surface area contributed by atoms with Crippen LogP contribution in [0.4, 0.5) is 5.69 Å². The second-order valence-electron chi connectivity index (χ2n) is 6.22. The minimum absolute atomic E-state index is 0. The molecule has 2 aromatic carbocycles. The molecule has 1 fully saturated rings. The van der Waals surface area contributed by atoms with E-state index in [-0.39, 0.29) is 70.2 Å². The van der Waals surface area contributed by atoms with Crippen molar-refractivity contribution < 1.29 is 64.0 Å². The van der Waals surface area contributed by atoms with Gasteiger partial charge in [0, 0.05) is 13.3 Å². The van der Waals surface area contributed by atoms with Crippen molar-refractivity contribution in [3.63, 3.8) is 0 Å². The molecule has 5 radical (unpaired) electrons. The zero-order valence-corrected chi connectivity index (χ0v) is 21.3. The molecular formula is C23H22Cl3N3O2Ti-. The van der Waals surface area contributed by atoms with E-state index in [1.165, 1.54) is 0 Å². The predicted octanol–water partition coefficient (Wildman–Crippen LogP) is -5.03. The summed E-state index contributed by atoms with van der Waals surface area (Å²) in [4.78, 5) is 17.0. The molecule has 1 N–H and O–H groups in total. The number of hydrogen-bond acceptors (Lipinski definition) is 3. The summed E-state index contributed by atoms with van der Waals surface area (Å²) in [5, 5.41) is 9.29. The maximum Gasteiger partial charge on any atom is 2.00 e. The van der Waals surface area contributed by atoms with Gasteiger partial charge < -0.3 is 42.3 Å². The van der Waals surface area contributed by atoms with Crippen LogP contribution >= 0.6 is 0 Å². The molecule has 0 aliphatic heterocycles. The van der Waals surface area contributed by atoms with Crippen LogP contribution < -0.4 is 42.8 Å². The van der Waals surface area contributed by atoms with Crippen molar-refractivity contribution in [1.29, 1.82) is 0 Å². The maximum atomic E-state index is 12.7. The first kappa shape index (κ1) is 32.7. The molecule has 1 aliphatic rings. The Morgan fingerprint density at radius 3 is 1.84 bits per heavy atom. The Morgan fingerprint density at radius 2 is 1.34 bits per heavy atom. The molecular weight excluding hydrogens is 504 g/mol. The Bertz CT molecular complexity index is 992. The van der Waals surface area contributed by atoms with E-state index in [1.54, 1.807) is 39.8 Å². The fourth-order valence-corrected chi connectivity index (χ4v) is 2.72. The summed E-state index contributed by atoms with van der Waals surface area (Å²) in [6.45, 7) is 1.87. The minimum atomic E-state index is -0.161. The molecule has 0 bridgehead atoms. The molecule has 9 heteroatoms. The Balaban J connectivity index is 0. The van der Waals surface area contributed by atoms with Gasteiger partial charge in [-0.25, -0.2) is 9.67 Å². The number of phenolic OH excluding ortho intramolecular Hbond substituents is 1. The van der Waals surface area contributed by atoms with E-state index < -0.39 is 0 Å². The number of hydrogen-bond donors (Lipinski definition) is 1. The second kappa shape index (κ2) is 16.2. The van der Waals surface area contributed by atoms with E-state index in [2.05, 4.69) is 4.99 Å². The summed E-state index contributed by atoms with van der Waals surface area (Å²) < 4.78 is 3.39. The second-order valence-corrected chi connectivity index (χ2v) is 6.22. The van der Waals surface area contributed by atoms with E-state index >= 15 is 0 Å². The monoisotopic (exact) mass is 525 g/mol. The Morgan fingerprint density at radius 1 is 0.844 bits per heavy atom. The molecule has 0 unspecified atom stereocenters. The zero-order chi connectivity index (χ0) is 19.9. The van der Waals surface area contributed by atoms with Gasteiger partial charge in [-0.2, -0.15) is 0 Å². The smallest absolute Gasteiger partial charge is 1.00 e. The van der Waals surface area contributed by atoms with E-state index in [4.69, 9.17) is 0 Å². The van der Waals surface area contributed by atoms with Gasteiger partial charge in [0.2, 0.25) is 0 Å². The van der Waals surface area contributed by atoms with Crippen LogP contribution in [0.1, 0.15) is 11.3 Å². The number of halogens is 3. The summed E-state index contributed by atoms with van der Waals surface area (Å²) in [5.74, 6) is 0.199. The Hall–Kier alpha value is -1.50. The molecule has 3 aromatic rings. The number of rotatable bonds is 3. The number of aromatic nitrogens is 2. The van der Waals surface area contributed by atoms with Crippen molar-refractivity contribution in [1.82, 2.24) is 9.36 Å².